The minimum atomic E-state index is -4.38. The highest BCUT2D eigenvalue weighted by Gasteiger charge is 2.33. The van der Waals surface area contributed by atoms with Crippen molar-refractivity contribution in [2.45, 2.75) is 44.5 Å². The van der Waals surface area contributed by atoms with Gasteiger partial charge < -0.3 is 10.0 Å². The molecule has 0 radical (unpaired) electrons. The van der Waals surface area contributed by atoms with Crippen molar-refractivity contribution in [3.05, 3.63) is 0 Å². The fourth-order valence-corrected chi connectivity index (χ4v) is 2.41. The third kappa shape index (κ3) is 5.36. The molecule has 19 heavy (non-hydrogen) atoms. The molecule has 1 amide bonds. The Hall–Kier alpha value is -0.820. The fourth-order valence-electron chi connectivity index (χ4n) is 2.41. The Labute approximate surface area is 111 Å². The van der Waals surface area contributed by atoms with Crippen LogP contribution in [0.1, 0.15) is 26.2 Å². The second kappa shape index (κ2) is 6.56. The zero-order chi connectivity index (χ0) is 14.6. The van der Waals surface area contributed by atoms with Gasteiger partial charge in [0.1, 0.15) is 6.54 Å². The maximum atomic E-state index is 12.2. The summed E-state index contributed by atoms with van der Waals surface area (Å²) in [6.45, 7) is 0.981. The standard InChI is InChI=1S/C12H21F3N2O2/c1-9(18)10-5-3-4-6-17(10)7-11(19)16(2)8-12(13,14)15/h9-10,18H,3-8H2,1-2H3. The fraction of sp³-hybridized carbons (Fsp3) is 0.917. The lowest BCUT2D eigenvalue weighted by Gasteiger charge is -2.37. The third-order valence-corrected chi connectivity index (χ3v) is 3.40. The highest BCUT2D eigenvalue weighted by molar-refractivity contribution is 5.78. The van der Waals surface area contributed by atoms with E-state index in [-0.39, 0.29) is 12.6 Å². The zero-order valence-electron chi connectivity index (χ0n) is 11.3. The molecule has 2 unspecified atom stereocenters. The van der Waals surface area contributed by atoms with Crippen LogP contribution in [0.3, 0.4) is 0 Å². The van der Waals surface area contributed by atoms with Crippen LogP contribution in [-0.4, -0.2) is 65.8 Å². The first kappa shape index (κ1) is 16.2. The van der Waals surface area contributed by atoms with Gasteiger partial charge in [0.05, 0.1) is 12.6 Å². The van der Waals surface area contributed by atoms with Crippen LogP contribution in [-0.2, 0) is 4.79 Å². The summed E-state index contributed by atoms with van der Waals surface area (Å²) in [7, 11) is 1.15. The molecule has 1 N–H and O–H groups in total. The quantitative estimate of drug-likeness (QED) is 0.844. The van der Waals surface area contributed by atoms with Crippen LogP contribution in [0.2, 0.25) is 0 Å². The van der Waals surface area contributed by atoms with E-state index >= 15 is 0 Å². The largest absolute Gasteiger partial charge is 0.406 e. The Morgan fingerprint density at radius 2 is 2.11 bits per heavy atom. The summed E-state index contributed by atoms with van der Waals surface area (Å²) in [5.41, 5.74) is 0. The predicted molar refractivity (Wildman–Crippen MR) is 64.6 cm³/mol. The lowest BCUT2D eigenvalue weighted by atomic mass is 9.98. The summed E-state index contributed by atoms with van der Waals surface area (Å²) >= 11 is 0. The predicted octanol–water partition coefficient (Wildman–Crippen LogP) is 1.24. The van der Waals surface area contributed by atoms with Crippen LogP contribution >= 0.6 is 0 Å². The molecule has 1 aliphatic rings. The molecule has 0 aromatic rings. The van der Waals surface area contributed by atoms with Crippen molar-refractivity contribution in [3.63, 3.8) is 0 Å². The highest BCUT2D eigenvalue weighted by atomic mass is 19.4. The van der Waals surface area contributed by atoms with E-state index in [0.717, 1.165) is 26.3 Å². The number of alkyl halides is 3. The molecule has 1 rings (SSSR count). The number of carbonyl (C=O) groups is 1. The molecule has 1 fully saturated rings. The Balaban J connectivity index is 2.54. The van der Waals surface area contributed by atoms with Crippen LogP contribution in [0, 0.1) is 0 Å². The van der Waals surface area contributed by atoms with Crippen molar-refractivity contribution in [2.24, 2.45) is 0 Å². The molecule has 2 atom stereocenters. The first-order valence-electron chi connectivity index (χ1n) is 6.43. The molecule has 1 saturated heterocycles. The van der Waals surface area contributed by atoms with Gasteiger partial charge in [-0.15, -0.1) is 0 Å². The average molecular weight is 282 g/mol. The topological polar surface area (TPSA) is 43.8 Å². The van der Waals surface area contributed by atoms with Gasteiger partial charge in [0.2, 0.25) is 5.91 Å². The van der Waals surface area contributed by atoms with Crippen molar-refractivity contribution in [3.8, 4) is 0 Å². The van der Waals surface area contributed by atoms with Gasteiger partial charge in [0, 0.05) is 13.1 Å². The zero-order valence-corrected chi connectivity index (χ0v) is 11.3. The van der Waals surface area contributed by atoms with Gasteiger partial charge in [0.25, 0.3) is 0 Å². The normalized spacial score (nSPS) is 23.2. The molecule has 112 valence electrons. The number of aliphatic hydroxyl groups excluding tert-OH is 1. The number of rotatable bonds is 4. The van der Waals surface area contributed by atoms with Gasteiger partial charge in [-0.05, 0) is 26.3 Å². The number of hydrogen-bond acceptors (Lipinski definition) is 3. The second-order valence-corrected chi connectivity index (χ2v) is 5.14. The average Bonchev–Trinajstić information content (AvgIpc) is 2.27. The number of piperidine rings is 1. The lowest BCUT2D eigenvalue weighted by molar-refractivity contribution is -0.159. The molecule has 7 heteroatoms. The maximum Gasteiger partial charge on any atom is 0.406 e. The van der Waals surface area contributed by atoms with Gasteiger partial charge in [-0.2, -0.15) is 13.2 Å². The molecule has 0 aromatic heterocycles. The van der Waals surface area contributed by atoms with Gasteiger partial charge in [-0.1, -0.05) is 6.42 Å². The number of aliphatic hydroxyl groups is 1. The first-order valence-corrected chi connectivity index (χ1v) is 6.43. The van der Waals surface area contributed by atoms with Crippen molar-refractivity contribution < 1.29 is 23.1 Å². The molecule has 4 nitrogen and oxygen atoms in total. The Bertz CT molecular complexity index is 308. The van der Waals surface area contributed by atoms with Crippen molar-refractivity contribution in [1.29, 1.82) is 0 Å². The van der Waals surface area contributed by atoms with Crippen molar-refractivity contribution in [2.75, 3.05) is 26.7 Å². The number of likely N-dealkylation sites (N-methyl/N-ethyl adjacent to an activating group) is 1. The van der Waals surface area contributed by atoms with Crippen LogP contribution < -0.4 is 0 Å². The van der Waals surface area contributed by atoms with Gasteiger partial charge >= 0.3 is 6.18 Å². The molecule has 1 aliphatic heterocycles. The van der Waals surface area contributed by atoms with Crippen LogP contribution in [0.15, 0.2) is 0 Å². The molecule has 0 saturated carbocycles. The third-order valence-electron chi connectivity index (χ3n) is 3.40. The van der Waals surface area contributed by atoms with Gasteiger partial charge in [-0.25, -0.2) is 0 Å². The maximum absolute atomic E-state index is 12.2. The molecule has 0 aromatic carbocycles. The van der Waals surface area contributed by atoms with E-state index in [2.05, 4.69) is 0 Å². The molecular weight excluding hydrogens is 261 g/mol. The van der Waals surface area contributed by atoms with Crippen molar-refractivity contribution >= 4 is 5.91 Å². The van der Waals surface area contributed by atoms with E-state index in [4.69, 9.17) is 0 Å². The smallest absolute Gasteiger partial charge is 0.392 e. The Morgan fingerprint density at radius 1 is 1.47 bits per heavy atom. The number of amides is 1. The SMILES string of the molecule is CC(O)C1CCCCN1CC(=O)N(C)CC(F)(F)F. The van der Waals surface area contributed by atoms with Crippen molar-refractivity contribution in [1.82, 2.24) is 9.80 Å². The summed E-state index contributed by atoms with van der Waals surface area (Å²) in [6.07, 6.45) is -2.32. The van der Waals surface area contributed by atoms with Crippen LogP contribution in [0.4, 0.5) is 13.2 Å². The summed E-state index contributed by atoms with van der Waals surface area (Å²) < 4.78 is 36.6. The molecular formula is C12H21F3N2O2. The monoisotopic (exact) mass is 282 g/mol. The minimum Gasteiger partial charge on any atom is -0.392 e. The number of nitrogens with zero attached hydrogens (tertiary/aromatic N) is 2. The Morgan fingerprint density at radius 3 is 2.63 bits per heavy atom. The summed E-state index contributed by atoms with van der Waals surface area (Å²) in [4.78, 5) is 14.2. The first-order chi connectivity index (χ1) is 8.70. The highest BCUT2D eigenvalue weighted by Crippen LogP contribution is 2.20. The van der Waals surface area contributed by atoms with E-state index in [0.29, 0.717) is 11.4 Å². The number of likely N-dealkylation sites (tertiary alicyclic amines) is 1. The molecule has 0 bridgehead atoms. The van der Waals surface area contributed by atoms with Gasteiger partial charge in [-0.3, -0.25) is 9.69 Å². The van der Waals surface area contributed by atoms with E-state index < -0.39 is 24.7 Å². The number of hydrogen-bond donors (Lipinski definition) is 1. The number of carbonyl (C=O) groups excluding carboxylic acids is 1. The molecule has 0 spiro atoms. The summed E-state index contributed by atoms with van der Waals surface area (Å²) in [6, 6.07) is -0.142. The van der Waals surface area contributed by atoms with Crippen LogP contribution in [0.5, 0.6) is 0 Å². The second-order valence-electron chi connectivity index (χ2n) is 5.14. The van der Waals surface area contributed by atoms with E-state index in [9.17, 15) is 23.1 Å². The van der Waals surface area contributed by atoms with E-state index in [1.54, 1.807) is 11.8 Å². The van der Waals surface area contributed by atoms with E-state index in [1.165, 1.54) is 0 Å². The Kier molecular flexibility index (Phi) is 5.61. The van der Waals surface area contributed by atoms with Crippen LogP contribution in [0.25, 0.3) is 0 Å². The molecule has 1 heterocycles. The number of halogens is 3. The van der Waals surface area contributed by atoms with Gasteiger partial charge in [0.15, 0.2) is 0 Å². The lowest BCUT2D eigenvalue weighted by Crippen LogP contribution is -2.50. The summed E-state index contributed by atoms with van der Waals surface area (Å²) in [5.74, 6) is -0.565. The summed E-state index contributed by atoms with van der Waals surface area (Å²) in [5, 5.41) is 9.64. The molecule has 0 aliphatic carbocycles. The minimum absolute atomic E-state index is 0.0673. The van der Waals surface area contributed by atoms with E-state index in [1.807, 2.05) is 0 Å².